The monoisotopic (exact) mass is 444 g/mol. The number of carbonyl (C=O) groups is 1. The number of carbonyl (C=O) groups excluding carboxylic acids is 1. The third-order valence-electron chi connectivity index (χ3n) is 10.1. The summed E-state index contributed by atoms with van der Waals surface area (Å²) in [6.07, 6.45) is 9.12. The summed E-state index contributed by atoms with van der Waals surface area (Å²) in [7, 11) is 0. The molecule has 0 bridgehead atoms. The van der Waals surface area contributed by atoms with Crippen LogP contribution in [0.4, 0.5) is 0 Å². The molecule has 6 nitrogen and oxygen atoms in total. The third kappa shape index (κ3) is 3.39. The third-order valence-corrected chi connectivity index (χ3v) is 10.1. The van der Waals surface area contributed by atoms with Crippen LogP contribution >= 0.6 is 0 Å². The Labute approximate surface area is 196 Å². The molecule has 0 radical (unpaired) electrons. The molecule has 33 heavy (non-hydrogen) atoms. The molecule has 0 spiro atoms. The fourth-order valence-electron chi connectivity index (χ4n) is 8.15. The molecule has 7 atom stereocenters. The number of rotatable bonds is 4. The van der Waals surface area contributed by atoms with E-state index in [2.05, 4.69) is 19.9 Å². The molecule has 3 saturated carbocycles. The molecule has 3 fully saturated rings. The number of aliphatic hydroxyl groups is 1. The van der Waals surface area contributed by atoms with E-state index in [1.165, 1.54) is 5.57 Å². The van der Waals surface area contributed by atoms with Crippen LogP contribution in [0.5, 0.6) is 0 Å². The summed E-state index contributed by atoms with van der Waals surface area (Å²) < 4.78 is 0. The molecule has 0 unspecified atom stereocenters. The number of fused-ring (bicyclic) bond motifs is 5. The zero-order valence-corrected chi connectivity index (χ0v) is 19.5. The van der Waals surface area contributed by atoms with E-state index < -0.39 is 11.3 Å². The molecule has 0 aromatic heterocycles. The topological polar surface area (TPSA) is 132 Å². The highest BCUT2D eigenvalue weighted by Crippen LogP contribution is 2.66. The Morgan fingerprint density at radius 3 is 2.42 bits per heavy atom. The normalized spacial score (nSPS) is 39.5. The molecular formula is C27H32N4O2. The number of hydrogen-bond acceptors (Lipinski definition) is 6. The molecule has 0 aromatic rings. The average molecular weight is 445 g/mol. The first-order valence-corrected chi connectivity index (χ1v) is 12.2. The van der Waals surface area contributed by atoms with Crippen molar-refractivity contribution in [1.29, 1.82) is 21.0 Å². The first-order chi connectivity index (χ1) is 15.7. The van der Waals surface area contributed by atoms with Crippen molar-refractivity contribution in [2.24, 2.45) is 45.8 Å². The number of aliphatic hydroxyl groups excluding tert-OH is 1. The SMILES string of the molecule is C[C@]12CC[C@H]3[C@@H](CC=C4C[C@H](O)CC[C@@]43C)[C@@H]1CC[C@@H]2C(=O)CC(C#N)(C#N)C(C#N)C#N. The summed E-state index contributed by atoms with van der Waals surface area (Å²) in [5, 5.41) is 48.1. The van der Waals surface area contributed by atoms with Crippen molar-refractivity contribution in [3.05, 3.63) is 11.6 Å². The van der Waals surface area contributed by atoms with Gasteiger partial charge in [-0.25, -0.2) is 0 Å². The van der Waals surface area contributed by atoms with Gasteiger partial charge < -0.3 is 5.11 Å². The van der Waals surface area contributed by atoms with Crippen molar-refractivity contribution in [3.63, 3.8) is 0 Å². The Bertz CT molecular complexity index is 1010. The van der Waals surface area contributed by atoms with Crippen LogP contribution in [-0.2, 0) is 4.79 Å². The Morgan fingerprint density at radius 1 is 1.09 bits per heavy atom. The second kappa shape index (κ2) is 8.28. The maximum Gasteiger partial charge on any atom is 0.179 e. The maximum absolute atomic E-state index is 13.5. The van der Waals surface area contributed by atoms with Gasteiger partial charge in [0.25, 0.3) is 0 Å². The standard InChI is InChI=1S/C27H32N4O2/c1-25-9-7-19(32)11-17(25)3-4-20-21-5-6-23(26(21,2)10-8-22(20)25)24(33)12-27(15-30,16-31)18(13-28)14-29/h3,18-23,32H,4-12H2,1-2H3/t19-,20+,21+,22+,23-,25+,26+/m1/s1. The highest BCUT2D eigenvalue weighted by Gasteiger charge is 2.60. The van der Waals surface area contributed by atoms with Crippen LogP contribution in [0, 0.1) is 91.2 Å². The van der Waals surface area contributed by atoms with Gasteiger partial charge in [-0.15, -0.1) is 0 Å². The number of allylic oxidation sites excluding steroid dienone is 1. The largest absolute Gasteiger partial charge is 0.393 e. The number of nitrogens with zero attached hydrogens (tertiary/aromatic N) is 4. The van der Waals surface area contributed by atoms with Crippen molar-refractivity contribution in [3.8, 4) is 24.3 Å². The summed E-state index contributed by atoms with van der Waals surface area (Å²) >= 11 is 0. The lowest BCUT2D eigenvalue weighted by Gasteiger charge is -2.58. The van der Waals surface area contributed by atoms with Crippen molar-refractivity contribution in [2.45, 2.75) is 77.7 Å². The van der Waals surface area contributed by atoms with Gasteiger partial charge in [0, 0.05) is 12.3 Å². The quantitative estimate of drug-likeness (QED) is 0.631. The Morgan fingerprint density at radius 2 is 1.79 bits per heavy atom. The molecule has 0 aromatic carbocycles. The zero-order valence-electron chi connectivity index (χ0n) is 19.5. The molecule has 0 heterocycles. The van der Waals surface area contributed by atoms with Crippen LogP contribution in [-0.4, -0.2) is 17.0 Å². The Kier molecular flexibility index (Phi) is 5.89. The van der Waals surface area contributed by atoms with Crippen LogP contribution in [0.25, 0.3) is 0 Å². The minimum atomic E-state index is -1.91. The van der Waals surface area contributed by atoms with E-state index in [0.29, 0.717) is 17.8 Å². The van der Waals surface area contributed by atoms with Gasteiger partial charge >= 0.3 is 0 Å². The van der Waals surface area contributed by atoms with Crippen LogP contribution in [0.3, 0.4) is 0 Å². The molecule has 4 aliphatic carbocycles. The fraction of sp³-hybridized carbons (Fsp3) is 0.741. The lowest BCUT2D eigenvalue weighted by Crippen LogP contribution is -2.51. The first kappa shape index (κ1) is 23.5. The van der Waals surface area contributed by atoms with E-state index in [9.17, 15) is 30.9 Å². The van der Waals surface area contributed by atoms with Crippen molar-refractivity contribution in [2.75, 3.05) is 0 Å². The number of ketones is 1. The molecule has 4 aliphatic rings. The summed E-state index contributed by atoms with van der Waals surface area (Å²) in [6, 6.07) is 7.16. The van der Waals surface area contributed by atoms with Gasteiger partial charge in [0.15, 0.2) is 11.3 Å². The molecule has 0 aliphatic heterocycles. The summed E-state index contributed by atoms with van der Waals surface area (Å²) in [4.78, 5) is 13.5. The van der Waals surface area contributed by atoms with Gasteiger partial charge in [-0.3, -0.25) is 4.79 Å². The zero-order chi connectivity index (χ0) is 24.0. The van der Waals surface area contributed by atoms with Crippen molar-refractivity contribution >= 4 is 5.78 Å². The number of Topliss-reactive ketones (excluding diaryl/α,β-unsaturated/α-hetero) is 1. The highest BCUT2D eigenvalue weighted by molar-refractivity contribution is 5.84. The predicted molar refractivity (Wildman–Crippen MR) is 119 cm³/mol. The average Bonchev–Trinajstić information content (AvgIpc) is 3.16. The lowest BCUT2D eigenvalue weighted by molar-refractivity contribution is -0.131. The minimum absolute atomic E-state index is 0.134. The van der Waals surface area contributed by atoms with Crippen LogP contribution in [0.15, 0.2) is 11.6 Å². The molecule has 1 N–H and O–H groups in total. The molecule has 0 amide bonds. The van der Waals surface area contributed by atoms with E-state index in [-0.39, 0.29) is 35.1 Å². The Balaban J connectivity index is 1.58. The summed E-state index contributed by atoms with van der Waals surface area (Å²) in [5.41, 5.74) is -0.538. The van der Waals surface area contributed by atoms with E-state index in [1.807, 2.05) is 12.1 Å². The van der Waals surface area contributed by atoms with Crippen molar-refractivity contribution < 1.29 is 9.90 Å². The second-order valence-electron chi connectivity index (χ2n) is 11.4. The van der Waals surface area contributed by atoms with Crippen LogP contribution < -0.4 is 0 Å². The summed E-state index contributed by atoms with van der Waals surface area (Å²) in [6.45, 7) is 4.59. The van der Waals surface area contributed by atoms with E-state index in [4.69, 9.17) is 0 Å². The first-order valence-electron chi connectivity index (χ1n) is 12.2. The van der Waals surface area contributed by atoms with Gasteiger partial charge in [0.2, 0.25) is 0 Å². The van der Waals surface area contributed by atoms with Crippen molar-refractivity contribution in [1.82, 2.24) is 0 Å². The van der Waals surface area contributed by atoms with Gasteiger partial charge in [-0.2, -0.15) is 21.0 Å². The maximum atomic E-state index is 13.5. The number of hydrogen-bond donors (Lipinski definition) is 1. The smallest absolute Gasteiger partial charge is 0.179 e. The van der Waals surface area contributed by atoms with Gasteiger partial charge in [0.05, 0.1) is 30.4 Å². The fourth-order valence-corrected chi connectivity index (χ4v) is 8.15. The van der Waals surface area contributed by atoms with E-state index in [0.717, 1.165) is 51.4 Å². The number of nitriles is 4. The van der Waals surface area contributed by atoms with Gasteiger partial charge in [-0.05, 0) is 80.0 Å². The van der Waals surface area contributed by atoms with Gasteiger partial charge in [0.1, 0.15) is 5.78 Å². The van der Waals surface area contributed by atoms with Crippen LogP contribution in [0.2, 0.25) is 0 Å². The molecule has 4 rings (SSSR count). The summed E-state index contributed by atoms with van der Waals surface area (Å²) in [5.74, 6) is -0.345. The van der Waals surface area contributed by atoms with Crippen LogP contribution in [0.1, 0.15) is 71.6 Å². The second-order valence-corrected chi connectivity index (χ2v) is 11.4. The molecular weight excluding hydrogens is 412 g/mol. The highest BCUT2D eigenvalue weighted by atomic mass is 16.3. The Hall–Kier alpha value is -2.67. The van der Waals surface area contributed by atoms with Gasteiger partial charge in [-0.1, -0.05) is 25.5 Å². The lowest BCUT2D eigenvalue weighted by atomic mass is 9.47. The molecule has 6 heteroatoms. The predicted octanol–water partition coefficient (Wildman–Crippen LogP) is 4.58. The molecule has 0 saturated heterocycles. The molecule has 172 valence electrons. The van der Waals surface area contributed by atoms with E-state index >= 15 is 0 Å². The van der Waals surface area contributed by atoms with E-state index in [1.54, 1.807) is 12.1 Å². The minimum Gasteiger partial charge on any atom is -0.393 e.